The van der Waals surface area contributed by atoms with Crippen molar-refractivity contribution in [1.82, 2.24) is 14.5 Å². The van der Waals surface area contributed by atoms with Gasteiger partial charge in [0.15, 0.2) is 0 Å². The molecule has 0 radical (unpaired) electrons. The van der Waals surface area contributed by atoms with Gasteiger partial charge in [-0.15, -0.1) is 11.3 Å². The number of pyridine rings is 1. The van der Waals surface area contributed by atoms with E-state index in [1.165, 1.54) is 11.3 Å². The van der Waals surface area contributed by atoms with Crippen LogP contribution in [0.5, 0.6) is 5.75 Å². The highest BCUT2D eigenvalue weighted by Gasteiger charge is 2.13. The second-order valence-corrected chi connectivity index (χ2v) is 7.12. The number of nitrogens with one attached hydrogen (secondary N) is 1. The van der Waals surface area contributed by atoms with E-state index < -0.39 is 0 Å². The summed E-state index contributed by atoms with van der Waals surface area (Å²) in [5, 5.41) is 3.23. The van der Waals surface area contributed by atoms with E-state index >= 15 is 0 Å². The molecule has 0 fully saturated rings. The summed E-state index contributed by atoms with van der Waals surface area (Å²) < 4.78 is 7.48. The average molecular weight is 378 g/mol. The molecule has 3 aromatic heterocycles. The summed E-state index contributed by atoms with van der Waals surface area (Å²) >= 11 is 1.44. The van der Waals surface area contributed by atoms with Gasteiger partial charge in [-0.1, -0.05) is 18.2 Å². The van der Waals surface area contributed by atoms with Crippen molar-refractivity contribution in [3.05, 3.63) is 70.8 Å². The number of nitrogens with zero attached hydrogens (tertiary/aromatic N) is 3. The van der Waals surface area contributed by atoms with Crippen LogP contribution in [-0.4, -0.2) is 21.6 Å². The van der Waals surface area contributed by atoms with Crippen molar-refractivity contribution in [2.75, 3.05) is 12.4 Å². The average Bonchev–Trinajstić information content (AvgIpc) is 3.15. The highest BCUT2D eigenvalue weighted by atomic mass is 32.1. The lowest BCUT2D eigenvalue weighted by Crippen LogP contribution is -2.21. The topological polar surface area (TPSA) is 69.0 Å². The highest BCUT2D eigenvalue weighted by molar-refractivity contribution is 7.22. The monoisotopic (exact) mass is 378 g/mol. The Morgan fingerprint density at radius 3 is 2.89 bits per heavy atom. The van der Waals surface area contributed by atoms with Gasteiger partial charge in [-0.3, -0.25) is 14.3 Å². The third-order valence-corrected chi connectivity index (χ3v) is 5.44. The molecule has 0 atom stereocenters. The first-order chi connectivity index (χ1) is 13.2. The zero-order valence-electron chi connectivity index (χ0n) is 15.0. The molecule has 0 aliphatic rings. The zero-order valence-corrected chi connectivity index (χ0v) is 15.8. The van der Waals surface area contributed by atoms with E-state index in [0.717, 1.165) is 21.8 Å². The number of benzene rings is 1. The molecule has 0 amide bonds. The summed E-state index contributed by atoms with van der Waals surface area (Å²) in [5.41, 5.74) is 2.65. The standard InChI is InChI=1S/C20H18N4O2S/c1-24-19(25)18-16(23-20(24)22-12-13-5-4-8-21-11-13)10-17(27-18)14-6-3-7-15(9-14)26-2/h3-11H,12H2,1-2H3,(H,22,23). The van der Waals surface area contributed by atoms with E-state index in [1.807, 2.05) is 42.5 Å². The van der Waals surface area contributed by atoms with Gasteiger partial charge in [-0.2, -0.15) is 0 Å². The van der Waals surface area contributed by atoms with Crippen LogP contribution in [0.25, 0.3) is 20.7 Å². The molecule has 7 heteroatoms. The van der Waals surface area contributed by atoms with E-state index in [0.29, 0.717) is 22.7 Å². The van der Waals surface area contributed by atoms with Crippen molar-refractivity contribution in [2.45, 2.75) is 6.54 Å². The zero-order chi connectivity index (χ0) is 18.8. The molecule has 4 aromatic rings. The quantitative estimate of drug-likeness (QED) is 0.574. The molecule has 27 heavy (non-hydrogen) atoms. The summed E-state index contributed by atoms with van der Waals surface area (Å²) in [6, 6.07) is 13.6. The number of anilines is 1. The Bertz CT molecular complexity index is 1150. The largest absolute Gasteiger partial charge is 0.497 e. The lowest BCUT2D eigenvalue weighted by molar-refractivity contribution is 0.415. The van der Waals surface area contributed by atoms with E-state index in [-0.39, 0.29) is 5.56 Å². The number of aromatic nitrogens is 3. The molecule has 0 unspecified atom stereocenters. The van der Waals surface area contributed by atoms with E-state index in [4.69, 9.17) is 4.74 Å². The fourth-order valence-electron chi connectivity index (χ4n) is 2.82. The maximum absolute atomic E-state index is 12.8. The molecule has 0 aliphatic heterocycles. The van der Waals surface area contributed by atoms with Crippen molar-refractivity contribution < 1.29 is 4.74 Å². The molecule has 0 bridgehead atoms. The van der Waals surface area contributed by atoms with Crippen LogP contribution in [-0.2, 0) is 13.6 Å². The summed E-state index contributed by atoms with van der Waals surface area (Å²) in [6.45, 7) is 0.548. The molecule has 0 saturated carbocycles. The van der Waals surface area contributed by atoms with Crippen LogP contribution < -0.4 is 15.6 Å². The van der Waals surface area contributed by atoms with Gasteiger partial charge in [0.05, 0.1) is 12.6 Å². The number of rotatable bonds is 5. The van der Waals surface area contributed by atoms with E-state index in [9.17, 15) is 4.79 Å². The number of hydrogen-bond acceptors (Lipinski definition) is 6. The maximum Gasteiger partial charge on any atom is 0.272 e. The van der Waals surface area contributed by atoms with Crippen LogP contribution in [0.2, 0.25) is 0 Å². The van der Waals surface area contributed by atoms with Gasteiger partial charge >= 0.3 is 0 Å². The Morgan fingerprint density at radius 2 is 2.11 bits per heavy atom. The first kappa shape index (κ1) is 17.2. The molecule has 136 valence electrons. The SMILES string of the molecule is COc1cccc(-c2cc3nc(NCc4cccnc4)n(C)c(=O)c3s2)c1. The minimum Gasteiger partial charge on any atom is -0.497 e. The molecule has 3 heterocycles. The van der Waals surface area contributed by atoms with Crippen molar-refractivity contribution >= 4 is 27.5 Å². The van der Waals surface area contributed by atoms with Crippen molar-refractivity contribution in [1.29, 1.82) is 0 Å². The van der Waals surface area contributed by atoms with Gasteiger partial charge in [-0.25, -0.2) is 4.98 Å². The van der Waals surface area contributed by atoms with Gasteiger partial charge in [0.25, 0.3) is 5.56 Å². The normalized spacial score (nSPS) is 10.9. The minimum atomic E-state index is -0.0622. The van der Waals surface area contributed by atoms with Gasteiger partial charge in [0.2, 0.25) is 5.95 Å². The smallest absolute Gasteiger partial charge is 0.272 e. The Morgan fingerprint density at radius 1 is 1.22 bits per heavy atom. The maximum atomic E-state index is 12.8. The Kier molecular flexibility index (Phi) is 4.60. The summed E-state index contributed by atoms with van der Waals surface area (Å²) in [5.74, 6) is 1.32. The lowest BCUT2D eigenvalue weighted by atomic mass is 10.2. The minimum absolute atomic E-state index is 0.0622. The fraction of sp³-hybridized carbons (Fsp3) is 0.150. The van der Waals surface area contributed by atoms with Crippen molar-refractivity contribution in [2.24, 2.45) is 7.05 Å². The number of fused-ring (bicyclic) bond motifs is 1. The van der Waals surface area contributed by atoms with Crippen LogP contribution in [0, 0.1) is 0 Å². The number of methoxy groups -OCH3 is 1. The lowest BCUT2D eigenvalue weighted by Gasteiger charge is -2.09. The molecule has 1 aromatic carbocycles. The second-order valence-electron chi connectivity index (χ2n) is 6.07. The van der Waals surface area contributed by atoms with Gasteiger partial charge < -0.3 is 10.1 Å². The first-order valence-corrected chi connectivity index (χ1v) is 9.25. The van der Waals surface area contributed by atoms with Crippen LogP contribution in [0.15, 0.2) is 59.7 Å². The van der Waals surface area contributed by atoms with Crippen molar-refractivity contribution in [3.63, 3.8) is 0 Å². The second kappa shape index (κ2) is 7.20. The molecule has 1 N–H and O–H groups in total. The Balaban J connectivity index is 1.71. The van der Waals surface area contributed by atoms with Gasteiger partial charge in [0, 0.05) is 30.9 Å². The van der Waals surface area contributed by atoms with Crippen LogP contribution in [0.3, 0.4) is 0 Å². The summed E-state index contributed by atoms with van der Waals surface area (Å²) in [7, 11) is 3.37. The molecule has 0 aliphatic carbocycles. The predicted molar refractivity (Wildman–Crippen MR) is 108 cm³/mol. The molecule has 4 rings (SSSR count). The third kappa shape index (κ3) is 3.41. The molecule has 0 spiro atoms. The van der Waals surface area contributed by atoms with Gasteiger partial charge in [0.1, 0.15) is 10.4 Å². The Labute approximate surface area is 160 Å². The number of ether oxygens (including phenoxy) is 1. The highest BCUT2D eigenvalue weighted by Crippen LogP contribution is 2.33. The van der Waals surface area contributed by atoms with Crippen molar-refractivity contribution in [3.8, 4) is 16.2 Å². The molecular formula is C20H18N4O2S. The molecule has 6 nitrogen and oxygen atoms in total. The van der Waals surface area contributed by atoms with Gasteiger partial charge in [-0.05, 0) is 35.4 Å². The van der Waals surface area contributed by atoms with E-state index in [1.54, 1.807) is 31.1 Å². The number of thiophene rings is 1. The molecular weight excluding hydrogens is 360 g/mol. The summed E-state index contributed by atoms with van der Waals surface area (Å²) in [4.78, 5) is 22.5. The predicted octanol–water partition coefficient (Wildman–Crippen LogP) is 3.68. The van der Waals surface area contributed by atoms with Crippen LogP contribution >= 0.6 is 11.3 Å². The summed E-state index contributed by atoms with van der Waals surface area (Å²) in [6.07, 6.45) is 3.52. The Hall–Kier alpha value is -3.19. The van der Waals surface area contributed by atoms with E-state index in [2.05, 4.69) is 15.3 Å². The first-order valence-electron chi connectivity index (χ1n) is 8.43. The third-order valence-electron chi connectivity index (χ3n) is 4.28. The van der Waals surface area contributed by atoms with Crippen LogP contribution in [0.1, 0.15) is 5.56 Å². The molecule has 0 saturated heterocycles. The number of hydrogen-bond donors (Lipinski definition) is 1. The fourth-order valence-corrected chi connectivity index (χ4v) is 3.88. The van der Waals surface area contributed by atoms with Crippen LogP contribution in [0.4, 0.5) is 5.95 Å².